The van der Waals surface area contributed by atoms with Gasteiger partial charge in [0.05, 0.1) is 0 Å². The van der Waals surface area contributed by atoms with Gasteiger partial charge in [0.25, 0.3) is 0 Å². The maximum Gasteiger partial charge on any atom is -0.0122 e. The molecule has 2 unspecified atom stereocenters. The molecule has 0 spiro atoms. The number of aryl methyl sites for hydroxylation is 2. The van der Waals surface area contributed by atoms with Crippen LogP contribution in [-0.4, -0.2) is 12.3 Å². The average molecular weight is 206 g/mol. The minimum absolute atomic E-state index is 0.864. The van der Waals surface area contributed by atoms with Crippen LogP contribution in [0.25, 0.3) is 0 Å². The van der Waals surface area contributed by atoms with Gasteiger partial charge in [-0.05, 0) is 56.1 Å². The molecule has 0 aliphatic carbocycles. The van der Waals surface area contributed by atoms with E-state index in [9.17, 15) is 0 Å². The Morgan fingerprint density at radius 3 is 2.79 bits per heavy atom. The molecule has 0 radical (unpaired) electrons. The van der Waals surface area contributed by atoms with Crippen molar-refractivity contribution >= 4 is 8.58 Å². The Morgan fingerprint density at radius 1 is 1.29 bits per heavy atom. The van der Waals surface area contributed by atoms with Crippen LogP contribution < -0.4 is 0 Å². The first kappa shape index (κ1) is 10.2. The van der Waals surface area contributed by atoms with Crippen molar-refractivity contribution in [1.29, 1.82) is 0 Å². The second-order valence-electron chi connectivity index (χ2n) is 4.40. The molecule has 1 aromatic carbocycles. The Balaban J connectivity index is 2.22. The maximum absolute atomic E-state index is 2.35. The van der Waals surface area contributed by atoms with Crippen LogP contribution in [-0.2, 0) is 0 Å². The summed E-state index contributed by atoms with van der Waals surface area (Å²) in [5.74, 6) is 0.864. The third-order valence-electron chi connectivity index (χ3n) is 3.16. The first-order valence-electron chi connectivity index (χ1n) is 5.55. The molecule has 1 aromatic rings. The number of rotatable bonds is 1. The molecule has 1 aliphatic rings. The quantitative estimate of drug-likeness (QED) is 0.612. The van der Waals surface area contributed by atoms with Crippen molar-refractivity contribution in [2.75, 3.05) is 12.3 Å². The van der Waals surface area contributed by atoms with Crippen LogP contribution in [0.5, 0.6) is 0 Å². The molecule has 1 heteroatoms. The Labute approximate surface area is 88.9 Å². The van der Waals surface area contributed by atoms with Gasteiger partial charge in [-0.2, -0.15) is 0 Å². The van der Waals surface area contributed by atoms with E-state index >= 15 is 0 Å². The topological polar surface area (TPSA) is 0 Å². The van der Waals surface area contributed by atoms with Crippen LogP contribution in [0.2, 0.25) is 0 Å². The minimum atomic E-state index is 0.864. The van der Waals surface area contributed by atoms with Gasteiger partial charge in [0.2, 0.25) is 0 Å². The molecule has 1 heterocycles. The first-order valence-corrected chi connectivity index (χ1v) is 6.96. The highest BCUT2D eigenvalue weighted by molar-refractivity contribution is 7.38. The second kappa shape index (κ2) is 4.45. The SMILES string of the molecule is Cc1ccc(C2CCCPC2)c(C)c1. The van der Waals surface area contributed by atoms with Gasteiger partial charge >= 0.3 is 0 Å². The average Bonchev–Trinajstić information content (AvgIpc) is 2.19. The summed E-state index contributed by atoms with van der Waals surface area (Å²) in [6, 6.07) is 6.94. The minimum Gasteiger partial charge on any atom is -0.121 e. The Kier molecular flexibility index (Phi) is 3.23. The standard InChI is InChI=1S/C13H19P/c1-10-5-6-13(11(2)8-10)12-4-3-7-14-9-12/h5-6,8,12,14H,3-4,7,9H2,1-2H3. The van der Waals surface area contributed by atoms with E-state index in [4.69, 9.17) is 0 Å². The molecule has 1 aliphatic heterocycles. The smallest absolute Gasteiger partial charge is 0.0122 e. The van der Waals surface area contributed by atoms with Gasteiger partial charge < -0.3 is 0 Å². The van der Waals surface area contributed by atoms with Crippen molar-refractivity contribution in [3.63, 3.8) is 0 Å². The van der Waals surface area contributed by atoms with Crippen molar-refractivity contribution in [2.45, 2.75) is 32.6 Å². The third kappa shape index (κ3) is 2.17. The van der Waals surface area contributed by atoms with Gasteiger partial charge in [-0.25, -0.2) is 0 Å². The summed E-state index contributed by atoms with van der Waals surface area (Å²) in [6.45, 7) is 4.44. The monoisotopic (exact) mass is 206 g/mol. The van der Waals surface area contributed by atoms with Crippen LogP contribution in [0.3, 0.4) is 0 Å². The summed E-state index contributed by atoms with van der Waals surface area (Å²) in [5, 5.41) is 0. The highest BCUT2D eigenvalue weighted by Gasteiger charge is 2.16. The van der Waals surface area contributed by atoms with E-state index < -0.39 is 0 Å². The fourth-order valence-electron chi connectivity index (χ4n) is 2.40. The van der Waals surface area contributed by atoms with Crippen LogP contribution in [0.15, 0.2) is 18.2 Å². The predicted octanol–water partition coefficient (Wildman–Crippen LogP) is 3.86. The van der Waals surface area contributed by atoms with Crippen LogP contribution in [0, 0.1) is 13.8 Å². The zero-order chi connectivity index (χ0) is 9.97. The molecule has 76 valence electrons. The summed E-state index contributed by atoms with van der Waals surface area (Å²) in [6.07, 6.45) is 5.76. The lowest BCUT2D eigenvalue weighted by atomic mass is 9.91. The highest BCUT2D eigenvalue weighted by Crippen LogP contribution is 2.35. The fourth-order valence-corrected chi connectivity index (χ4v) is 3.83. The number of hydrogen-bond donors (Lipinski definition) is 0. The van der Waals surface area contributed by atoms with Crippen molar-refractivity contribution < 1.29 is 0 Å². The predicted molar refractivity (Wildman–Crippen MR) is 65.9 cm³/mol. The lowest BCUT2D eigenvalue weighted by molar-refractivity contribution is 0.652. The zero-order valence-electron chi connectivity index (χ0n) is 9.14. The van der Waals surface area contributed by atoms with E-state index in [1.54, 1.807) is 5.56 Å². The maximum atomic E-state index is 2.35. The lowest BCUT2D eigenvalue weighted by Gasteiger charge is -2.23. The molecule has 0 amide bonds. The van der Waals surface area contributed by atoms with Crippen LogP contribution >= 0.6 is 8.58 Å². The van der Waals surface area contributed by atoms with Gasteiger partial charge in [-0.15, -0.1) is 8.58 Å². The van der Waals surface area contributed by atoms with E-state index in [0.717, 1.165) is 5.92 Å². The normalized spacial score (nSPS) is 24.0. The van der Waals surface area contributed by atoms with E-state index in [-0.39, 0.29) is 0 Å². The van der Waals surface area contributed by atoms with Crippen LogP contribution in [0.1, 0.15) is 35.4 Å². The molecular formula is C13H19P. The molecule has 2 rings (SSSR count). The largest absolute Gasteiger partial charge is 0.121 e. The van der Waals surface area contributed by atoms with Crippen molar-refractivity contribution in [3.8, 4) is 0 Å². The van der Waals surface area contributed by atoms with Gasteiger partial charge in [0.15, 0.2) is 0 Å². The summed E-state index contributed by atoms with van der Waals surface area (Å²) in [7, 11) is 1.20. The van der Waals surface area contributed by atoms with Crippen molar-refractivity contribution in [3.05, 3.63) is 34.9 Å². The summed E-state index contributed by atoms with van der Waals surface area (Å²) >= 11 is 0. The molecule has 14 heavy (non-hydrogen) atoms. The molecule has 0 nitrogen and oxygen atoms in total. The molecule has 1 fully saturated rings. The molecule has 0 aromatic heterocycles. The number of benzene rings is 1. The van der Waals surface area contributed by atoms with Gasteiger partial charge in [0.1, 0.15) is 0 Å². The number of hydrogen-bond acceptors (Lipinski definition) is 0. The van der Waals surface area contributed by atoms with E-state index in [1.165, 1.54) is 44.9 Å². The van der Waals surface area contributed by atoms with Gasteiger partial charge in [-0.3, -0.25) is 0 Å². The van der Waals surface area contributed by atoms with Gasteiger partial charge in [-0.1, -0.05) is 23.8 Å². The molecule has 1 saturated heterocycles. The van der Waals surface area contributed by atoms with E-state index in [2.05, 4.69) is 32.0 Å². The molecule has 0 N–H and O–H groups in total. The van der Waals surface area contributed by atoms with E-state index in [0.29, 0.717) is 0 Å². The van der Waals surface area contributed by atoms with Crippen LogP contribution in [0.4, 0.5) is 0 Å². The van der Waals surface area contributed by atoms with Gasteiger partial charge in [0, 0.05) is 0 Å². The Morgan fingerprint density at radius 2 is 2.14 bits per heavy atom. The first-order chi connectivity index (χ1) is 6.77. The molecule has 2 atom stereocenters. The summed E-state index contributed by atoms with van der Waals surface area (Å²) in [5.41, 5.74) is 4.51. The fraction of sp³-hybridized carbons (Fsp3) is 0.538. The molecule has 0 bridgehead atoms. The Bertz CT molecular complexity index is 311. The molecular weight excluding hydrogens is 187 g/mol. The third-order valence-corrected chi connectivity index (χ3v) is 4.65. The highest BCUT2D eigenvalue weighted by atomic mass is 31.1. The van der Waals surface area contributed by atoms with Crippen molar-refractivity contribution in [2.24, 2.45) is 0 Å². The molecule has 0 saturated carbocycles. The van der Waals surface area contributed by atoms with Crippen molar-refractivity contribution in [1.82, 2.24) is 0 Å². The van der Waals surface area contributed by atoms with E-state index in [1.807, 2.05) is 0 Å². The second-order valence-corrected chi connectivity index (χ2v) is 5.81. The summed E-state index contributed by atoms with van der Waals surface area (Å²) < 4.78 is 0. The summed E-state index contributed by atoms with van der Waals surface area (Å²) in [4.78, 5) is 0. The Hall–Kier alpha value is -0.350. The lowest BCUT2D eigenvalue weighted by Crippen LogP contribution is -2.08. The zero-order valence-corrected chi connectivity index (χ0v) is 10.1.